The molecule has 1 aliphatic rings. The van der Waals surface area contributed by atoms with Crippen molar-refractivity contribution in [2.24, 2.45) is 0 Å². The first-order chi connectivity index (χ1) is 15.9. The third-order valence-corrected chi connectivity index (χ3v) is 5.92. The largest absolute Gasteiger partial charge is 0.494 e. The Morgan fingerprint density at radius 1 is 1.12 bits per heavy atom. The summed E-state index contributed by atoms with van der Waals surface area (Å²) in [5.41, 5.74) is 0.599. The van der Waals surface area contributed by atoms with Gasteiger partial charge in [0.15, 0.2) is 16.8 Å². The van der Waals surface area contributed by atoms with Crippen molar-refractivity contribution < 1.29 is 18.5 Å². The van der Waals surface area contributed by atoms with E-state index in [1.165, 1.54) is 17.0 Å². The quantitative estimate of drug-likeness (QED) is 0.348. The number of carbonyl (C=O) groups is 1. The van der Waals surface area contributed by atoms with E-state index in [1.54, 1.807) is 25.1 Å². The molecule has 4 aromatic rings. The van der Waals surface area contributed by atoms with Crippen molar-refractivity contribution in [1.29, 1.82) is 0 Å². The third kappa shape index (κ3) is 3.57. The molecule has 0 spiro atoms. The van der Waals surface area contributed by atoms with Crippen LogP contribution in [0.25, 0.3) is 11.0 Å². The van der Waals surface area contributed by atoms with E-state index in [-0.39, 0.29) is 38.6 Å². The highest BCUT2D eigenvalue weighted by molar-refractivity contribution is 6.38. The Balaban J connectivity index is 1.74. The summed E-state index contributed by atoms with van der Waals surface area (Å²) in [5, 5.41) is 4.65. The van der Waals surface area contributed by atoms with Crippen LogP contribution in [0, 0.1) is 6.92 Å². The number of nitrogens with zero attached hydrogens (tertiary/aromatic N) is 2. The maximum Gasteiger partial charge on any atom is 0.296 e. The first kappa shape index (κ1) is 21.6. The van der Waals surface area contributed by atoms with Crippen LogP contribution in [0.2, 0.25) is 10.0 Å². The predicted octanol–water partition coefficient (Wildman–Crippen LogP) is 5.93. The van der Waals surface area contributed by atoms with E-state index in [9.17, 15) is 9.59 Å². The summed E-state index contributed by atoms with van der Waals surface area (Å²) in [6.07, 6.45) is 0.880. The number of hydrogen-bond acceptors (Lipinski definition) is 6. The van der Waals surface area contributed by atoms with Crippen LogP contribution in [0.1, 0.15) is 46.8 Å². The number of ether oxygens (including phenoxy) is 1. The first-order valence-electron chi connectivity index (χ1n) is 10.3. The van der Waals surface area contributed by atoms with Crippen molar-refractivity contribution in [2.75, 3.05) is 11.5 Å². The maximum absolute atomic E-state index is 13.6. The van der Waals surface area contributed by atoms with Gasteiger partial charge in [-0.05, 0) is 43.2 Å². The van der Waals surface area contributed by atoms with Gasteiger partial charge in [0.05, 0.1) is 28.6 Å². The average molecular weight is 485 g/mol. The molecule has 2 aromatic carbocycles. The molecule has 1 atom stereocenters. The minimum absolute atomic E-state index is 0.0892. The van der Waals surface area contributed by atoms with Crippen LogP contribution in [-0.4, -0.2) is 17.7 Å². The second kappa shape index (κ2) is 8.24. The van der Waals surface area contributed by atoms with Gasteiger partial charge in [-0.2, -0.15) is 0 Å². The fraction of sp³-hybridized carbons (Fsp3) is 0.208. The van der Waals surface area contributed by atoms with Crippen LogP contribution < -0.4 is 15.1 Å². The molecule has 3 heterocycles. The molecule has 0 saturated heterocycles. The van der Waals surface area contributed by atoms with Crippen molar-refractivity contribution >= 4 is 45.9 Å². The highest BCUT2D eigenvalue weighted by atomic mass is 35.5. The van der Waals surface area contributed by atoms with Crippen molar-refractivity contribution in [3.8, 4) is 5.75 Å². The number of aryl methyl sites for hydroxylation is 1. The number of rotatable bonds is 5. The lowest BCUT2D eigenvalue weighted by molar-refractivity contribution is 0.0969. The highest BCUT2D eigenvalue weighted by Gasteiger charge is 2.45. The predicted molar refractivity (Wildman–Crippen MR) is 125 cm³/mol. The van der Waals surface area contributed by atoms with Gasteiger partial charge >= 0.3 is 0 Å². The normalized spacial score (nSPS) is 15.3. The van der Waals surface area contributed by atoms with E-state index in [0.29, 0.717) is 28.7 Å². The van der Waals surface area contributed by atoms with Crippen molar-refractivity contribution in [3.05, 3.63) is 85.4 Å². The van der Waals surface area contributed by atoms with Gasteiger partial charge in [0, 0.05) is 11.1 Å². The Morgan fingerprint density at radius 2 is 1.88 bits per heavy atom. The molecule has 1 amide bonds. The fourth-order valence-electron chi connectivity index (χ4n) is 3.99. The summed E-state index contributed by atoms with van der Waals surface area (Å²) in [6, 6.07) is 11.0. The van der Waals surface area contributed by atoms with E-state index < -0.39 is 11.9 Å². The zero-order valence-electron chi connectivity index (χ0n) is 17.7. The van der Waals surface area contributed by atoms with Crippen LogP contribution in [0.4, 0.5) is 5.82 Å². The lowest BCUT2D eigenvalue weighted by atomic mass is 9.98. The molecule has 0 aliphatic carbocycles. The molecule has 2 aromatic heterocycles. The minimum Gasteiger partial charge on any atom is -0.494 e. The molecular weight excluding hydrogens is 467 g/mol. The van der Waals surface area contributed by atoms with Crippen molar-refractivity contribution in [1.82, 2.24) is 5.16 Å². The molecule has 33 heavy (non-hydrogen) atoms. The van der Waals surface area contributed by atoms with Crippen molar-refractivity contribution in [3.63, 3.8) is 0 Å². The monoisotopic (exact) mass is 484 g/mol. The van der Waals surface area contributed by atoms with Gasteiger partial charge in [-0.25, -0.2) is 0 Å². The summed E-state index contributed by atoms with van der Waals surface area (Å²) in [7, 11) is 0. The molecule has 9 heteroatoms. The molecule has 5 rings (SSSR count). The average Bonchev–Trinajstić information content (AvgIpc) is 3.34. The number of carbonyl (C=O) groups excluding carboxylic acids is 1. The van der Waals surface area contributed by atoms with E-state index in [4.69, 9.17) is 36.9 Å². The summed E-state index contributed by atoms with van der Waals surface area (Å²) in [5.74, 6) is 0.884. The number of aromatic nitrogens is 1. The lowest BCUT2D eigenvalue weighted by Crippen LogP contribution is -2.29. The first-order valence-corrected chi connectivity index (χ1v) is 11.1. The van der Waals surface area contributed by atoms with Crippen LogP contribution >= 0.6 is 23.2 Å². The summed E-state index contributed by atoms with van der Waals surface area (Å²) < 4.78 is 16.8. The highest BCUT2D eigenvalue weighted by Crippen LogP contribution is 2.42. The SMILES string of the molecule is CCCOc1ccc([C@@H]2c3c(oc4c(Cl)cc(Cl)cc4c3=O)C(=O)N2c2cc(C)on2)cc1. The Morgan fingerprint density at radius 3 is 2.55 bits per heavy atom. The molecule has 1 aliphatic heterocycles. The molecular formula is C24H18Cl2N2O5. The van der Waals surface area contributed by atoms with E-state index >= 15 is 0 Å². The van der Waals surface area contributed by atoms with Gasteiger partial charge in [-0.3, -0.25) is 14.5 Å². The number of hydrogen-bond donors (Lipinski definition) is 0. The topological polar surface area (TPSA) is 85.8 Å². The van der Waals surface area contributed by atoms with Crippen LogP contribution in [0.3, 0.4) is 0 Å². The standard InChI is InChI=1S/C24H18Cl2N2O5/c1-3-8-31-15-6-4-13(5-7-15)20-19-21(29)16-10-14(25)11-17(26)22(16)32-23(19)24(30)28(20)18-9-12(2)33-27-18/h4-7,9-11,20H,3,8H2,1-2H3/t20-/m1/s1. The molecule has 0 unspecified atom stereocenters. The Kier molecular flexibility index (Phi) is 5.38. The van der Waals surface area contributed by atoms with Gasteiger partial charge in [-0.15, -0.1) is 0 Å². The Hall–Kier alpha value is -3.29. The summed E-state index contributed by atoms with van der Waals surface area (Å²) >= 11 is 12.4. The number of benzene rings is 2. The number of amides is 1. The van der Waals surface area contributed by atoms with Gasteiger partial charge in [-0.1, -0.05) is 47.4 Å². The van der Waals surface area contributed by atoms with Crippen molar-refractivity contribution in [2.45, 2.75) is 26.3 Å². The number of fused-ring (bicyclic) bond motifs is 2. The van der Waals surface area contributed by atoms with Gasteiger partial charge < -0.3 is 13.7 Å². The molecule has 0 fully saturated rings. The molecule has 7 nitrogen and oxygen atoms in total. The summed E-state index contributed by atoms with van der Waals surface area (Å²) in [4.78, 5) is 28.5. The number of halogens is 2. The van der Waals surface area contributed by atoms with Crippen LogP contribution in [-0.2, 0) is 0 Å². The molecule has 0 N–H and O–H groups in total. The Bertz CT molecular complexity index is 1440. The zero-order chi connectivity index (χ0) is 23.3. The molecule has 0 saturated carbocycles. The van der Waals surface area contributed by atoms with Crippen LogP contribution in [0.15, 0.2) is 56.2 Å². The molecule has 0 radical (unpaired) electrons. The smallest absolute Gasteiger partial charge is 0.296 e. The summed E-state index contributed by atoms with van der Waals surface area (Å²) in [6.45, 7) is 4.33. The molecule has 168 valence electrons. The second-order valence-electron chi connectivity index (χ2n) is 7.73. The van der Waals surface area contributed by atoms with Crippen LogP contribution in [0.5, 0.6) is 5.75 Å². The van der Waals surface area contributed by atoms with E-state index in [0.717, 1.165) is 6.42 Å². The van der Waals surface area contributed by atoms with Gasteiger partial charge in [0.2, 0.25) is 5.76 Å². The van der Waals surface area contributed by atoms with Gasteiger partial charge in [0.1, 0.15) is 11.5 Å². The fourth-order valence-corrected chi connectivity index (χ4v) is 4.52. The zero-order valence-corrected chi connectivity index (χ0v) is 19.2. The van der Waals surface area contributed by atoms with E-state index in [1.807, 2.05) is 19.1 Å². The maximum atomic E-state index is 13.6. The number of anilines is 1. The van der Waals surface area contributed by atoms with E-state index in [2.05, 4.69) is 5.16 Å². The third-order valence-electron chi connectivity index (χ3n) is 5.42. The molecule has 0 bridgehead atoms. The van der Waals surface area contributed by atoms with Gasteiger partial charge in [0.25, 0.3) is 5.91 Å². The second-order valence-corrected chi connectivity index (χ2v) is 8.57. The Labute approximate surface area is 198 Å². The minimum atomic E-state index is -0.782. The lowest BCUT2D eigenvalue weighted by Gasteiger charge is -2.22.